The number of carbonyl (C=O) groups is 1. The highest BCUT2D eigenvalue weighted by molar-refractivity contribution is 5.95. The molecule has 2 aromatic carbocycles. The summed E-state index contributed by atoms with van der Waals surface area (Å²) in [5.41, 5.74) is 1.94. The molecule has 0 atom stereocenters. The molecule has 0 aromatic heterocycles. The molecule has 0 spiro atoms. The van der Waals surface area contributed by atoms with Gasteiger partial charge in [-0.2, -0.15) is 0 Å². The molecule has 0 bridgehead atoms. The van der Waals surface area contributed by atoms with Gasteiger partial charge in [0.25, 0.3) is 11.4 Å². The predicted octanol–water partition coefficient (Wildman–Crippen LogP) is 3.19. The van der Waals surface area contributed by atoms with Crippen LogP contribution in [0.15, 0.2) is 36.4 Å². The Labute approximate surface area is 149 Å². The maximum Gasteiger partial charge on any atom is 0.299 e. The van der Waals surface area contributed by atoms with Crippen molar-refractivity contribution < 1.29 is 14.6 Å². The minimum absolute atomic E-state index is 0.122. The number of likely N-dealkylation sites (N-methyl/N-ethyl adjacent to an activating group) is 1. The van der Waals surface area contributed by atoms with Crippen LogP contribution < -0.4 is 10.2 Å². The number of carbonyl (C=O) groups excluding carboxylic acids is 1. The summed E-state index contributed by atoms with van der Waals surface area (Å²) in [6.45, 7) is 3.67. The van der Waals surface area contributed by atoms with Crippen molar-refractivity contribution in [2.75, 3.05) is 23.8 Å². The normalized spacial score (nSPS) is 10.3. The van der Waals surface area contributed by atoms with Gasteiger partial charge in [0, 0.05) is 18.8 Å². The number of non-ortho nitro benzene ring substituents is 1. The molecule has 26 heavy (non-hydrogen) atoms. The number of nitrogens with one attached hydrogen (secondary N) is 1. The van der Waals surface area contributed by atoms with Gasteiger partial charge in [0.05, 0.1) is 22.5 Å². The van der Waals surface area contributed by atoms with Crippen molar-refractivity contribution in [2.45, 2.75) is 13.8 Å². The van der Waals surface area contributed by atoms with Gasteiger partial charge in [0.1, 0.15) is 5.69 Å². The SMILES string of the molecule is Cc1cccc(NC(=O)CN(C)c2ccc([N+](=O)[O-])cc2[N+](=O)[O-])c1C. The zero-order valence-electron chi connectivity index (χ0n) is 14.6. The Hall–Kier alpha value is -3.49. The molecule has 0 aliphatic carbocycles. The summed E-state index contributed by atoms with van der Waals surface area (Å²) < 4.78 is 0. The topological polar surface area (TPSA) is 119 Å². The highest BCUT2D eigenvalue weighted by atomic mass is 16.6. The molecule has 0 heterocycles. The van der Waals surface area contributed by atoms with Crippen LogP contribution in [-0.2, 0) is 4.79 Å². The number of amides is 1. The van der Waals surface area contributed by atoms with Crippen LogP contribution in [0, 0.1) is 34.1 Å². The van der Waals surface area contributed by atoms with Crippen molar-refractivity contribution in [2.24, 2.45) is 0 Å². The third-order valence-electron chi connectivity index (χ3n) is 4.04. The highest BCUT2D eigenvalue weighted by Gasteiger charge is 2.23. The van der Waals surface area contributed by atoms with E-state index in [1.54, 1.807) is 6.07 Å². The minimum atomic E-state index is -0.707. The van der Waals surface area contributed by atoms with Gasteiger partial charge in [0.2, 0.25) is 5.91 Å². The van der Waals surface area contributed by atoms with Crippen molar-refractivity contribution in [1.82, 2.24) is 0 Å². The maximum absolute atomic E-state index is 12.3. The molecule has 136 valence electrons. The molecule has 0 saturated heterocycles. The van der Waals surface area contributed by atoms with Crippen LogP contribution in [0.1, 0.15) is 11.1 Å². The molecule has 0 radical (unpaired) electrons. The second-order valence-corrected chi connectivity index (χ2v) is 5.84. The first-order valence-corrected chi connectivity index (χ1v) is 7.70. The van der Waals surface area contributed by atoms with Crippen LogP contribution in [-0.4, -0.2) is 29.3 Å². The van der Waals surface area contributed by atoms with Crippen molar-refractivity contribution >= 4 is 28.7 Å². The average molecular weight is 358 g/mol. The summed E-state index contributed by atoms with van der Waals surface area (Å²) in [7, 11) is 1.51. The largest absolute Gasteiger partial charge is 0.360 e. The Morgan fingerprint density at radius 2 is 1.81 bits per heavy atom. The number of nitrogens with zero attached hydrogens (tertiary/aromatic N) is 3. The van der Waals surface area contributed by atoms with Crippen LogP contribution >= 0.6 is 0 Å². The molecule has 9 nitrogen and oxygen atoms in total. The van der Waals surface area contributed by atoms with Crippen LogP contribution in [0.2, 0.25) is 0 Å². The summed E-state index contributed by atoms with van der Waals surface area (Å²) in [5.74, 6) is -0.353. The number of rotatable bonds is 6. The number of hydrogen-bond acceptors (Lipinski definition) is 6. The molecule has 1 amide bonds. The standard InChI is InChI=1S/C17H18N4O5/c1-11-5-4-6-14(12(11)2)18-17(22)10-19(3)15-8-7-13(20(23)24)9-16(15)21(25)26/h4-9H,10H2,1-3H3,(H,18,22). The Kier molecular flexibility index (Phi) is 5.51. The van der Waals surface area contributed by atoms with Gasteiger partial charge in [-0.1, -0.05) is 12.1 Å². The Morgan fingerprint density at radius 3 is 2.42 bits per heavy atom. The van der Waals surface area contributed by atoms with E-state index >= 15 is 0 Å². The van der Waals surface area contributed by atoms with Crippen LogP contribution in [0.5, 0.6) is 0 Å². The van der Waals surface area contributed by atoms with Crippen molar-refractivity contribution in [1.29, 1.82) is 0 Å². The van der Waals surface area contributed by atoms with Gasteiger partial charge in [-0.3, -0.25) is 25.0 Å². The lowest BCUT2D eigenvalue weighted by Crippen LogP contribution is -2.30. The van der Waals surface area contributed by atoms with E-state index in [0.29, 0.717) is 5.69 Å². The lowest BCUT2D eigenvalue weighted by Gasteiger charge is -2.19. The number of benzene rings is 2. The van der Waals surface area contributed by atoms with Crippen molar-refractivity contribution in [3.05, 3.63) is 67.8 Å². The zero-order chi connectivity index (χ0) is 19.4. The molecule has 0 fully saturated rings. The van der Waals surface area contributed by atoms with E-state index in [1.165, 1.54) is 24.1 Å². The minimum Gasteiger partial charge on any atom is -0.360 e. The van der Waals surface area contributed by atoms with Gasteiger partial charge in [-0.25, -0.2) is 0 Å². The lowest BCUT2D eigenvalue weighted by atomic mass is 10.1. The van der Waals surface area contributed by atoms with E-state index in [0.717, 1.165) is 17.2 Å². The van der Waals surface area contributed by atoms with Crippen LogP contribution in [0.4, 0.5) is 22.7 Å². The first kappa shape index (κ1) is 18.8. The highest BCUT2D eigenvalue weighted by Crippen LogP contribution is 2.31. The average Bonchev–Trinajstić information content (AvgIpc) is 2.58. The summed E-state index contributed by atoms with van der Waals surface area (Å²) in [6.07, 6.45) is 0. The molecule has 0 aliphatic heterocycles. The molecular weight excluding hydrogens is 340 g/mol. The number of hydrogen-bond donors (Lipinski definition) is 1. The van der Waals surface area contributed by atoms with E-state index in [2.05, 4.69) is 5.32 Å². The first-order valence-electron chi connectivity index (χ1n) is 7.70. The van der Waals surface area contributed by atoms with Gasteiger partial charge < -0.3 is 10.2 Å². The number of aryl methyl sites for hydroxylation is 1. The summed E-state index contributed by atoms with van der Waals surface area (Å²) in [6, 6.07) is 8.84. The van der Waals surface area contributed by atoms with Gasteiger partial charge in [0.15, 0.2) is 0 Å². The second kappa shape index (κ2) is 7.60. The third kappa shape index (κ3) is 4.12. The molecule has 2 rings (SSSR count). The second-order valence-electron chi connectivity index (χ2n) is 5.84. The molecule has 9 heteroatoms. The molecule has 0 unspecified atom stereocenters. The quantitative estimate of drug-likeness (QED) is 0.625. The Morgan fingerprint density at radius 1 is 1.12 bits per heavy atom. The molecule has 2 aromatic rings. The number of anilines is 2. The van der Waals surface area contributed by atoms with E-state index in [4.69, 9.17) is 0 Å². The Bertz CT molecular complexity index is 881. The smallest absolute Gasteiger partial charge is 0.299 e. The predicted molar refractivity (Wildman–Crippen MR) is 97.6 cm³/mol. The number of nitro benzene ring substituents is 2. The number of nitro groups is 2. The van der Waals surface area contributed by atoms with E-state index in [-0.39, 0.29) is 23.8 Å². The van der Waals surface area contributed by atoms with E-state index in [1.807, 2.05) is 26.0 Å². The van der Waals surface area contributed by atoms with E-state index in [9.17, 15) is 25.0 Å². The first-order chi connectivity index (χ1) is 12.2. The van der Waals surface area contributed by atoms with Gasteiger partial charge in [-0.05, 0) is 37.1 Å². The van der Waals surface area contributed by atoms with Gasteiger partial charge in [-0.15, -0.1) is 0 Å². The van der Waals surface area contributed by atoms with E-state index < -0.39 is 15.5 Å². The van der Waals surface area contributed by atoms with Crippen LogP contribution in [0.25, 0.3) is 0 Å². The fraction of sp³-hybridized carbons (Fsp3) is 0.235. The fourth-order valence-corrected chi connectivity index (χ4v) is 2.47. The molecular formula is C17H18N4O5. The van der Waals surface area contributed by atoms with Crippen LogP contribution in [0.3, 0.4) is 0 Å². The van der Waals surface area contributed by atoms with Crippen molar-refractivity contribution in [3.63, 3.8) is 0 Å². The maximum atomic E-state index is 12.3. The Balaban J connectivity index is 2.20. The molecule has 0 aliphatic rings. The summed E-state index contributed by atoms with van der Waals surface area (Å²) >= 11 is 0. The monoisotopic (exact) mass is 358 g/mol. The van der Waals surface area contributed by atoms with Gasteiger partial charge >= 0.3 is 0 Å². The third-order valence-corrected chi connectivity index (χ3v) is 4.04. The molecule has 1 N–H and O–H groups in total. The fourth-order valence-electron chi connectivity index (χ4n) is 2.47. The summed E-state index contributed by atoms with van der Waals surface area (Å²) in [5, 5.41) is 24.8. The zero-order valence-corrected chi connectivity index (χ0v) is 14.6. The lowest BCUT2D eigenvalue weighted by molar-refractivity contribution is -0.393. The van der Waals surface area contributed by atoms with Crippen molar-refractivity contribution in [3.8, 4) is 0 Å². The summed E-state index contributed by atoms with van der Waals surface area (Å²) in [4.78, 5) is 34.3. The molecule has 0 saturated carbocycles.